The number of carbonyl (C=O) groups excluding carboxylic acids is 1. The van der Waals surface area contributed by atoms with Gasteiger partial charge in [0.15, 0.2) is 0 Å². The fourth-order valence-corrected chi connectivity index (χ4v) is 4.71. The van der Waals surface area contributed by atoms with E-state index < -0.39 is 10.0 Å². The molecule has 33 heavy (non-hydrogen) atoms. The Morgan fingerprint density at radius 1 is 0.970 bits per heavy atom. The van der Waals surface area contributed by atoms with Gasteiger partial charge in [-0.1, -0.05) is 54.6 Å². The molecule has 1 N–H and O–H groups in total. The van der Waals surface area contributed by atoms with Crippen molar-refractivity contribution in [2.75, 3.05) is 24.2 Å². The zero-order chi connectivity index (χ0) is 23.8. The number of amides is 1. The average molecular weight is 467 g/mol. The van der Waals surface area contributed by atoms with Crippen LogP contribution in [-0.4, -0.2) is 34.2 Å². The van der Waals surface area contributed by atoms with Crippen molar-refractivity contribution in [3.63, 3.8) is 0 Å². The number of anilines is 1. The molecular formula is C26H30N2O4S. The van der Waals surface area contributed by atoms with Crippen molar-refractivity contribution < 1.29 is 17.9 Å². The Bertz CT molecular complexity index is 1160. The molecule has 0 aliphatic rings. The van der Waals surface area contributed by atoms with Crippen molar-refractivity contribution in [2.24, 2.45) is 0 Å². The third-order valence-corrected chi connectivity index (χ3v) is 6.66. The van der Waals surface area contributed by atoms with Crippen LogP contribution in [0, 0.1) is 6.92 Å². The number of benzene rings is 3. The summed E-state index contributed by atoms with van der Waals surface area (Å²) in [7, 11) is -1.93. The number of carbonyl (C=O) groups is 1. The molecule has 0 aliphatic carbocycles. The number of ether oxygens (including phenoxy) is 1. The molecule has 0 saturated carbocycles. The summed E-state index contributed by atoms with van der Waals surface area (Å²) in [5, 5.41) is 3.13. The van der Waals surface area contributed by atoms with Gasteiger partial charge in [-0.15, -0.1) is 0 Å². The maximum absolute atomic E-state index is 12.9. The van der Waals surface area contributed by atoms with Crippen LogP contribution < -0.4 is 14.4 Å². The number of nitrogens with zero attached hydrogens (tertiary/aromatic N) is 1. The van der Waals surface area contributed by atoms with Crippen molar-refractivity contribution in [1.29, 1.82) is 0 Å². The van der Waals surface area contributed by atoms with Crippen LogP contribution in [0.15, 0.2) is 78.9 Å². The van der Waals surface area contributed by atoms with Gasteiger partial charge in [-0.2, -0.15) is 0 Å². The number of aryl methyl sites for hydroxylation is 1. The van der Waals surface area contributed by atoms with Crippen molar-refractivity contribution in [3.8, 4) is 5.75 Å². The van der Waals surface area contributed by atoms with Gasteiger partial charge in [-0.25, -0.2) is 8.42 Å². The van der Waals surface area contributed by atoms with Crippen LogP contribution in [0.4, 0.5) is 5.69 Å². The van der Waals surface area contributed by atoms with E-state index in [0.29, 0.717) is 17.9 Å². The van der Waals surface area contributed by atoms with Gasteiger partial charge >= 0.3 is 0 Å². The third-order valence-electron chi connectivity index (χ3n) is 5.46. The maximum Gasteiger partial charge on any atom is 0.232 e. The molecule has 3 rings (SSSR count). The van der Waals surface area contributed by atoms with Gasteiger partial charge in [0.2, 0.25) is 15.9 Å². The third kappa shape index (κ3) is 6.58. The molecule has 0 fully saturated rings. The Kier molecular flexibility index (Phi) is 8.11. The zero-order valence-corrected chi connectivity index (χ0v) is 20.0. The molecule has 0 saturated heterocycles. The van der Waals surface area contributed by atoms with Gasteiger partial charge in [0.05, 0.1) is 25.1 Å². The number of nitrogens with one attached hydrogen (secondary N) is 1. The zero-order valence-electron chi connectivity index (χ0n) is 19.2. The lowest BCUT2D eigenvalue weighted by Crippen LogP contribution is -2.33. The molecule has 174 valence electrons. The van der Waals surface area contributed by atoms with Gasteiger partial charge in [0.1, 0.15) is 5.75 Å². The number of hydrogen-bond donors (Lipinski definition) is 1. The second kappa shape index (κ2) is 11.0. The Balaban J connectivity index is 1.69. The minimum atomic E-state index is -3.49. The Hall–Kier alpha value is -3.32. The van der Waals surface area contributed by atoms with Gasteiger partial charge in [0, 0.05) is 13.0 Å². The van der Waals surface area contributed by atoms with E-state index in [4.69, 9.17) is 4.74 Å². The van der Waals surface area contributed by atoms with Crippen molar-refractivity contribution in [1.82, 2.24) is 5.32 Å². The van der Waals surface area contributed by atoms with Crippen LogP contribution in [0.5, 0.6) is 5.75 Å². The first kappa shape index (κ1) is 24.3. The molecule has 1 unspecified atom stereocenters. The molecule has 0 radical (unpaired) electrons. The van der Waals surface area contributed by atoms with Crippen molar-refractivity contribution >= 4 is 21.6 Å². The average Bonchev–Trinajstić information content (AvgIpc) is 2.81. The lowest BCUT2D eigenvalue weighted by atomic mass is 9.95. The van der Waals surface area contributed by atoms with Crippen molar-refractivity contribution in [3.05, 3.63) is 95.6 Å². The summed E-state index contributed by atoms with van der Waals surface area (Å²) in [5.41, 5.74) is 3.67. The molecule has 0 heterocycles. The predicted octanol–water partition coefficient (Wildman–Crippen LogP) is 4.46. The van der Waals surface area contributed by atoms with Gasteiger partial charge in [0.25, 0.3) is 0 Å². The smallest absolute Gasteiger partial charge is 0.232 e. The van der Waals surface area contributed by atoms with Crippen LogP contribution in [0.3, 0.4) is 0 Å². The molecule has 1 atom stereocenters. The van der Waals surface area contributed by atoms with Gasteiger partial charge in [-0.3, -0.25) is 9.10 Å². The number of sulfonamides is 1. The quantitative estimate of drug-likeness (QED) is 0.479. The van der Waals surface area contributed by atoms with E-state index in [0.717, 1.165) is 16.7 Å². The Morgan fingerprint density at radius 2 is 1.61 bits per heavy atom. The molecule has 0 spiro atoms. The number of hydrogen-bond acceptors (Lipinski definition) is 4. The molecule has 0 aliphatic heterocycles. The minimum Gasteiger partial charge on any atom is -0.497 e. The van der Waals surface area contributed by atoms with Gasteiger partial charge < -0.3 is 10.1 Å². The van der Waals surface area contributed by atoms with Crippen LogP contribution >= 0.6 is 0 Å². The SMILES string of the molecule is COc1ccc(N(CCCC(=O)NC(c2ccccc2)c2ccccc2C)S(C)(=O)=O)cc1. The Morgan fingerprint density at radius 3 is 2.21 bits per heavy atom. The van der Waals surface area contributed by atoms with Gasteiger partial charge in [-0.05, 0) is 54.3 Å². The fourth-order valence-electron chi connectivity index (χ4n) is 3.75. The van der Waals surface area contributed by atoms with E-state index in [1.54, 1.807) is 31.4 Å². The van der Waals surface area contributed by atoms with Crippen LogP contribution in [0.25, 0.3) is 0 Å². The highest BCUT2D eigenvalue weighted by Crippen LogP contribution is 2.25. The largest absolute Gasteiger partial charge is 0.497 e. The first-order valence-corrected chi connectivity index (χ1v) is 12.7. The van der Waals surface area contributed by atoms with E-state index in [1.165, 1.54) is 10.6 Å². The lowest BCUT2D eigenvalue weighted by Gasteiger charge is -2.24. The fraction of sp³-hybridized carbons (Fsp3) is 0.269. The summed E-state index contributed by atoms with van der Waals surface area (Å²) in [6.07, 6.45) is 1.76. The van der Waals surface area contributed by atoms with Crippen molar-refractivity contribution in [2.45, 2.75) is 25.8 Å². The second-order valence-corrected chi connectivity index (χ2v) is 9.81. The molecule has 1 amide bonds. The summed E-state index contributed by atoms with van der Waals surface area (Å²) >= 11 is 0. The topological polar surface area (TPSA) is 75.7 Å². The molecule has 3 aromatic carbocycles. The van der Waals surface area contributed by atoms with Crippen LogP contribution in [-0.2, 0) is 14.8 Å². The van der Waals surface area contributed by atoms with E-state index in [-0.39, 0.29) is 24.9 Å². The van der Waals surface area contributed by atoms with Crippen LogP contribution in [0.1, 0.15) is 35.6 Å². The number of rotatable bonds is 10. The number of methoxy groups -OCH3 is 1. The molecule has 0 aromatic heterocycles. The summed E-state index contributed by atoms with van der Waals surface area (Å²) in [6.45, 7) is 2.23. The first-order valence-electron chi connectivity index (χ1n) is 10.8. The van der Waals surface area contributed by atoms with E-state index in [1.807, 2.05) is 61.5 Å². The summed E-state index contributed by atoms with van der Waals surface area (Å²) in [5.74, 6) is 0.519. The molecule has 6 nitrogen and oxygen atoms in total. The second-order valence-electron chi connectivity index (χ2n) is 7.90. The Labute approximate surface area is 196 Å². The normalized spacial score (nSPS) is 12.1. The summed E-state index contributed by atoms with van der Waals surface area (Å²) in [6, 6.07) is 24.4. The predicted molar refractivity (Wildman–Crippen MR) is 132 cm³/mol. The minimum absolute atomic E-state index is 0.129. The summed E-state index contributed by atoms with van der Waals surface area (Å²) in [4.78, 5) is 12.9. The van der Waals surface area contributed by atoms with Crippen LogP contribution in [0.2, 0.25) is 0 Å². The standard InChI is InChI=1S/C26H30N2O4S/c1-20-10-7-8-13-24(20)26(21-11-5-4-6-12-21)27-25(29)14-9-19-28(33(3,30)31)22-15-17-23(32-2)18-16-22/h4-8,10-13,15-18,26H,9,14,19H2,1-3H3,(H,27,29). The van der Waals surface area contributed by atoms with E-state index >= 15 is 0 Å². The lowest BCUT2D eigenvalue weighted by molar-refractivity contribution is -0.121. The molecule has 0 bridgehead atoms. The highest BCUT2D eigenvalue weighted by atomic mass is 32.2. The first-order chi connectivity index (χ1) is 15.8. The van der Waals surface area contributed by atoms with E-state index in [2.05, 4.69) is 5.32 Å². The molecular weight excluding hydrogens is 436 g/mol. The highest BCUT2D eigenvalue weighted by Gasteiger charge is 2.20. The van der Waals surface area contributed by atoms with E-state index in [9.17, 15) is 13.2 Å². The molecule has 7 heteroatoms. The maximum atomic E-state index is 12.9. The molecule has 3 aromatic rings. The monoisotopic (exact) mass is 466 g/mol. The summed E-state index contributed by atoms with van der Waals surface area (Å²) < 4.78 is 31.1. The highest BCUT2D eigenvalue weighted by molar-refractivity contribution is 7.92.